The maximum atomic E-state index is 5.28. The van der Waals surface area contributed by atoms with E-state index in [0.29, 0.717) is 0 Å². The van der Waals surface area contributed by atoms with E-state index in [1.54, 1.807) is 0 Å². The van der Waals surface area contributed by atoms with Crippen LogP contribution in [0.5, 0.6) is 0 Å². The van der Waals surface area contributed by atoms with E-state index >= 15 is 0 Å². The molecule has 0 aliphatic heterocycles. The second-order valence-corrected chi connectivity index (χ2v) is 2.12. The van der Waals surface area contributed by atoms with Crippen LogP contribution < -0.4 is 18.9 Å². The Morgan fingerprint density at radius 2 is 2.20 bits per heavy atom. The third kappa shape index (κ3) is 2.64. The van der Waals surface area contributed by atoms with Crippen molar-refractivity contribution in [1.82, 2.24) is 0 Å². The molecule has 0 radical (unpaired) electrons. The monoisotopic (exact) mass is 130 g/mol. The Kier molecular flexibility index (Phi) is 4.60. The third-order valence-corrected chi connectivity index (χ3v) is 1.22. The Hall–Kier alpha value is -0.123. The fraction of sp³-hybridized carbons (Fsp3) is 0.375. The molecule has 10 heavy (non-hydrogen) atoms. The average molecular weight is 130 g/mol. The summed E-state index contributed by atoms with van der Waals surface area (Å²) >= 11 is 0. The maximum absolute atomic E-state index is 5.28. The van der Waals surface area contributed by atoms with Crippen molar-refractivity contribution < 1.29 is 23.3 Å². The summed E-state index contributed by atoms with van der Waals surface area (Å²) in [5.74, 6) is 2.03. The molecule has 0 bridgehead atoms. The second-order valence-electron chi connectivity index (χ2n) is 2.12. The molecule has 0 spiro atoms. The van der Waals surface area contributed by atoms with Gasteiger partial charge in [-0.05, 0) is 25.5 Å². The molecule has 0 aliphatic carbocycles. The molecular weight excluding hydrogens is 119 g/mol. The zero-order valence-electron chi connectivity index (χ0n) is 6.68. The van der Waals surface area contributed by atoms with Gasteiger partial charge in [0.2, 0.25) is 0 Å². The summed E-state index contributed by atoms with van der Waals surface area (Å²) in [4.78, 5) is 0. The Labute approximate surface area is 74.0 Å². The van der Waals surface area contributed by atoms with Crippen LogP contribution in [0.4, 0.5) is 0 Å². The predicted octanol–water partition coefficient (Wildman–Crippen LogP) is -0.641. The van der Waals surface area contributed by atoms with E-state index in [1.165, 1.54) is 0 Å². The van der Waals surface area contributed by atoms with Crippen LogP contribution in [-0.2, 0) is 6.42 Å². The van der Waals surface area contributed by atoms with Gasteiger partial charge in [0.05, 0.1) is 0 Å². The number of hydrogen-bond donors (Lipinski definition) is 0. The van der Waals surface area contributed by atoms with Crippen LogP contribution in [0.2, 0.25) is 0 Å². The van der Waals surface area contributed by atoms with Crippen LogP contribution in [0.25, 0.3) is 0 Å². The van der Waals surface area contributed by atoms with Crippen molar-refractivity contribution in [2.45, 2.75) is 19.8 Å². The second kappa shape index (κ2) is 4.66. The molecule has 0 fully saturated rings. The van der Waals surface area contributed by atoms with Crippen LogP contribution in [0.1, 0.15) is 17.9 Å². The van der Waals surface area contributed by atoms with Crippen molar-refractivity contribution in [2.24, 2.45) is 0 Å². The summed E-state index contributed by atoms with van der Waals surface area (Å²) in [6, 6.07) is 3.98. The van der Waals surface area contributed by atoms with Gasteiger partial charge < -0.3 is 11.3 Å². The first-order valence-corrected chi connectivity index (χ1v) is 3.17. The topological polar surface area (TPSA) is 13.1 Å². The van der Waals surface area contributed by atoms with Crippen molar-refractivity contribution in [1.29, 1.82) is 0 Å². The normalized spacial score (nSPS) is 9.00. The van der Waals surface area contributed by atoms with E-state index < -0.39 is 0 Å². The summed E-state index contributed by atoms with van der Waals surface area (Å²) < 4.78 is 5.28. The Balaban J connectivity index is 0.000000810. The number of hydrogen-bond acceptors (Lipinski definition) is 1. The van der Waals surface area contributed by atoms with Crippen molar-refractivity contribution in [3.63, 3.8) is 0 Å². The van der Waals surface area contributed by atoms with Gasteiger partial charge in [0.25, 0.3) is 0 Å². The van der Waals surface area contributed by atoms with E-state index in [-0.39, 0.29) is 18.9 Å². The first-order chi connectivity index (χ1) is 4.33. The molecule has 1 rings (SSSR count). The van der Waals surface area contributed by atoms with Crippen LogP contribution in [-0.4, -0.2) is 0 Å². The first-order valence-electron chi connectivity index (χ1n) is 3.17. The van der Waals surface area contributed by atoms with E-state index in [2.05, 4.69) is 6.92 Å². The van der Waals surface area contributed by atoms with Crippen LogP contribution in [0.3, 0.4) is 0 Å². The van der Waals surface area contributed by atoms with Crippen molar-refractivity contribution in [3.8, 4) is 0 Å². The zero-order chi connectivity index (χ0) is 6.69. The molecule has 0 aromatic carbocycles. The molecule has 1 nitrogen and oxygen atoms in total. The molecule has 0 atom stereocenters. The van der Waals surface area contributed by atoms with Crippen LogP contribution in [0.15, 0.2) is 16.5 Å². The summed E-state index contributed by atoms with van der Waals surface area (Å²) in [6.07, 6.45) is 1.86. The summed E-state index contributed by atoms with van der Waals surface area (Å²) in [5, 5.41) is 0. The third-order valence-electron chi connectivity index (χ3n) is 1.22. The number of aryl methyl sites for hydroxylation is 2. The maximum Gasteiger partial charge on any atom is 1.00 e. The average Bonchev–Trinajstić information content (AvgIpc) is 2.17. The Bertz CT molecular complexity index is 181. The van der Waals surface area contributed by atoms with E-state index in [0.717, 1.165) is 24.4 Å². The van der Waals surface area contributed by atoms with Gasteiger partial charge in [-0.15, -0.1) is 0 Å². The molecule has 1 aromatic heterocycles. The fourth-order valence-electron chi connectivity index (χ4n) is 0.794. The van der Waals surface area contributed by atoms with Gasteiger partial charge in [0, 0.05) is 0 Å². The van der Waals surface area contributed by atoms with Crippen molar-refractivity contribution >= 4 is 0 Å². The van der Waals surface area contributed by atoms with Gasteiger partial charge in [-0.2, -0.15) is 6.42 Å². The molecule has 0 amide bonds. The van der Waals surface area contributed by atoms with Crippen LogP contribution >= 0.6 is 0 Å². The van der Waals surface area contributed by atoms with Gasteiger partial charge in [0.1, 0.15) is 11.5 Å². The van der Waals surface area contributed by atoms with Gasteiger partial charge >= 0.3 is 18.9 Å². The molecule has 0 aliphatic rings. The van der Waals surface area contributed by atoms with E-state index in [4.69, 9.17) is 4.42 Å². The van der Waals surface area contributed by atoms with Gasteiger partial charge in [0.15, 0.2) is 0 Å². The quantitative estimate of drug-likeness (QED) is 0.383. The van der Waals surface area contributed by atoms with E-state index in [9.17, 15) is 0 Å². The first kappa shape index (κ1) is 9.88. The molecule has 0 saturated carbocycles. The predicted molar refractivity (Wildman–Crippen MR) is 37.1 cm³/mol. The minimum Gasteiger partial charge on any atom is -0.466 e. The summed E-state index contributed by atoms with van der Waals surface area (Å²) in [6.45, 7) is 5.68. The zero-order valence-corrected chi connectivity index (χ0v) is 6.68. The molecular formula is C8H11LiO. The minimum atomic E-state index is 0. The molecule has 0 N–H and O–H groups in total. The minimum absolute atomic E-state index is 0. The smallest absolute Gasteiger partial charge is 0.466 e. The Morgan fingerprint density at radius 3 is 2.60 bits per heavy atom. The molecule has 1 aromatic rings. The van der Waals surface area contributed by atoms with Crippen molar-refractivity contribution in [2.75, 3.05) is 0 Å². The largest absolute Gasteiger partial charge is 1.00 e. The fourth-order valence-corrected chi connectivity index (χ4v) is 0.794. The summed E-state index contributed by atoms with van der Waals surface area (Å²) in [7, 11) is 0. The van der Waals surface area contributed by atoms with Crippen molar-refractivity contribution in [3.05, 3.63) is 30.6 Å². The molecule has 50 valence electrons. The Morgan fingerprint density at radius 1 is 1.50 bits per heavy atom. The van der Waals surface area contributed by atoms with Crippen LogP contribution in [0, 0.1) is 13.8 Å². The number of rotatable bonds is 2. The number of furan rings is 1. The molecule has 0 saturated heterocycles. The summed E-state index contributed by atoms with van der Waals surface area (Å²) in [5.41, 5.74) is 0. The standard InChI is InChI=1S/C8H11O.Li/c1-3-4-8-6-5-7(2)9-8;/h5-6H,1,3-4H2,2H3;/q-1;+1. The SMILES string of the molecule is [CH2-]CCc1ccc(C)o1.[Li+]. The molecule has 0 unspecified atom stereocenters. The van der Waals surface area contributed by atoms with E-state index in [1.807, 2.05) is 19.1 Å². The van der Waals surface area contributed by atoms with Gasteiger partial charge in [-0.25, -0.2) is 0 Å². The molecule has 1 heterocycles. The molecule has 2 heteroatoms. The van der Waals surface area contributed by atoms with Gasteiger partial charge in [-0.3, -0.25) is 0 Å². The van der Waals surface area contributed by atoms with Gasteiger partial charge in [-0.1, -0.05) is 0 Å².